The molecule has 2 heterocycles. The lowest BCUT2D eigenvalue weighted by Gasteiger charge is -2.37. The Balaban J connectivity index is 1.57. The van der Waals surface area contributed by atoms with Crippen LogP contribution in [0.5, 0.6) is 11.5 Å². The molecule has 2 aromatic carbocycles. The highest BCUT2D eigenvalue weighted by molar-refractivity contribution is 5.94. The molecule has 4 rings (SSSR count). The van der Waals surface area contributed by atoms with E-state index in [1.807, 2.05) is 57.3 Å². The number of fused-ring (bicyclic) bond motifs is 1. The fraction of sp³-hybridized carbons (Fsp3) is 0.467. The Morgan fingerprint density at radius 3 is 2.44 bits per heavy atom. The number of carbonyl (C=O) groups is 2. The maximum absolute atomic E-state index is 12.6. The van der Waals surface area contributed by atoms with Gasteiger partial charge in [0.25, 0.3) is 0 Å². The number of amides is 1. The van der Waals surface area contributed by atoms with Crippen LogP contribution < -0.4 is 9.64 Å². The van der Waals surface area contributed by atoms with Crippen LogP contribution in [0.15, 0.2) is 42.6 Å². The van der Waals surface area contributed by atoms with Gasteiger partial charge in [-0.3, -0.25) is 0 Å². The molecule has 0 radical (unpaired) electrons. The SMILES string of the molecule is COC(=O)c1ccc(N2CCN(C(=O)OC(C)(C)C)CC2)cc1Oc1cccc2[nH]cc(CCCN(C)C)c12. The zero-order valence-corrected chi connectivity index (χ0v) is 23.9. The van der Waals surface area contributed by atoms with Gasteiger partial charge in [0.05, 0.1) is 7.11 Å². The van der Waals surface area contributed by atoms with E-state index in [4.69, 9.17) is 14.2 Å². The van der Waals surface area contributed by atoms with Gasteiger partial charge in [-0.1, -0.05) is 6.07 Å². The van der Waals surface area contributed by atoms with Crippen molar-refractivity contribution in [1.29, 1.82) is 0 Å². The third-order valence-corrected chi connectivity index (χ3v) is 6.69. The number of H-pyrrole nitrogens is 1. The Bertz CT molecular complexity index is 1300. The summed E-state index contributed by atoms with van der Waals surface area (Å²) in [5.41, 5.74) is 2.90. The lowest BCUT2D eigenvalue weighted by atomic mass is 10.1. The van der Waals surface area contributed by atoms with Gasteiger partial charge in [0.2, 0.25) is 0 Å². The van der Waals surface area contributed by atoms with Crippen molar-refractivity contribution in [2.45, 2.75) is 39.2 Å². The first-order valence-electron chi connectivity index (χ1n) is 13.4. The van der Waals surface area contributed by atoms with Crippen LogP contribution in [-0.2, 0) is 15.9 Å². The number of rotatable bonds is 8. The van der Waals surface area contributed by atoms with Crippen LogP contribution in [0.3, 0.4) is 0 Å². The maximum Gasteiger partial charge on any atom is 0.410 e. The largest absolute Gasteiger partial charge is 0.465 e. The van der Waals surface area contributed by atoms with Crippen molar-refractivity contribution in [3.8, 4) is 11.5 Å². The van der Waals surface area contributed by atoms with Crippen molar-refractivity contribution in [2.75, 3.05) is 58.8 Å². The molecule has 1 aliphatic heterocycles. The summed E-state index contributed by atoms with van der Waals surface area (Å²) < 4.78 is 17.1. The lowest BCUT2D eigenvalue weighted by molar-refractivity contribution is 0.0240. The predicted octanol–water partition coefficient (Wildman–Crippen LogP) is 5.30. The molecular formula is C30H40N4O5. The molecule has 0 saturated carbocycles. The maximum atomic E-state index is 12.6. The minimum atomic E-state index is -0.529. The summed E-state index contributed by atoms with van der Waals surface area (Å²) in [4.78, 5) is 34.6. The topological polar surface area (TPSA) is 87.3 Å². The second kappa shape index (κ2) is 12.0. The molecule has 0 atom stereocenters. The Morgan fingerprint density at radius 1 is 1.03 bits per heavy atom. The third kappa shape index (κ3) is 7.03. The number of piperazine rings is 1. The summed E-state index contributed by atoms with van der Waals surface area (Å²) in [5.74, 6) is 0.659. The van der Waals surface area contributed by atoms with Gasteiger partial charge in [0, 0.05) is 55.0 Å². The number of ether oxygens (including phenoxy) is 3. The summed E-state index contributed by atoms with van der Waals surface area (Å²) in [6.07, 6.45) is 3.67. The molecule has 0 spiro atoms. The van der Waals surface area contributed by atoms with Crippen molar-refractivity contribution in [1.82, 2.24) is 14.8 Å². The second-order valence-electron chi connectivity index (χ2n) is 11.1. The Morgan fingerprint density at radius 2 is 1.77 bits per heavy atom. The monoisotopic (exact) mass is 536 g/mol. The van der Waals surface area contributed by atoms with Crippen LogP contribution in [0.4, 0.5) is 10.5 Å². The zero-order valence-electron chi connectivity index (χ0n) is 23.9. The summed E-state index contributed by atoms with van der Waals surface area (Å²) in [6.45, 7) is 8.96. The number of methoxy groups -OCH3 is 1. The van der Waals surface area contributed by atoms with Crippen LogP contribution in [-0.4, -0.2) is 86.4 Å². The van der Waals surface area contributed by atoms with E-state index >= 15 is 0 Å². The first-order valence-corrected chi connectivity index (χ1v) is 13.4. The predicted molar refractivity (Wildman–Crippen MR) is 153 cm³/mol. The van der Waals surface area contributed by atoms with Gasteiger partial charge in [0.1, 0.15) is 22.7 Å². The first kappa shape index (κ1) is 28.3. The average Bonchev–Trinajstić information content (AvgIpc) is 3.31. The number of anilines is 1. The van der Waals surface area contributed by atoms with E-state index in [0.717, 1.165) is 36.0 Å². The normalized spacial score (nSPS) is 14.1. The Hall–Kier alpha value is -3.72. The molecule has 210 valence electrons. The van der Waals surface area contributed by atoms with Gasteiger partial charge >= 0.3 is 12.1 Å². The van der Waals surface area contributed by atoms with Crippen LogP contribution >= 0.6 is 0 Å². The molecule has 1 N–H and O–H groups in total. The minimum absolute atomic E-state index is 0.298. The number of aryl methyl sites for hydroxylation is 1. The van der Waals surface area contributed by atoms with Gasteiger partial charge in [0.15, 0.2) is 0 Å². The third-order valence-electron chi connectivity index (χ3n) is 6.69. The molecule has 9 heteroatoms. The molecule has 0 bridgehead atoms. The van der Waals surface area contributed by atoms with Gasteiger partial charge in [-0.15, -0.1) is 0 Å². The number of benzene rings is 2. The number of hydrogen-bond acceptors (Lipinski definition) is 7. The van der Waals surface area contributed by atoms with Gasteiger partial charge in [-0.05, 0) is 84.1 Å². The van der Waals surface area contributed by atoms with Crippen molar-refractivity contribution < 1.29 is 23.8 Å². The highest BCUT2D eigenvalue weighted by Crippen LogP contribution is 2.36. The molecule has 1 aliphatic rings. The highest BCUT2D eigenvalue weighted by atomic mass is 16.6. The Kier molecular flexibility index (Phi) is 8.70. The van der Waals surface area contributed by atoms with Gasteiger partial charge in [-0.25, -0.2) is 9.59 Å². The van der Waals surface area contributed by atoms with Crippen LogP contribution in [0.1, 0.15) is 43.1 Å². The quantitative estimate of drug-likeness (QED) is 0.391. The number of carbonyl (C=O) groups excluding carboxylic acids is 2. The molecule has 1 aromatic heterocycles. The summed E-state index contributed by atoms with van der Waals surface area (Å²) >= 11 is 0. The molecule has 3 aromatic rings. The van der Waals surface area contributed by atoms with E-state index in [0.29, 0.717) is 43.2 Å². The average molecular weight is 537 g/mol. The van der Waals surface area contributed by atoms with Crippen LogP contribution in [0, 0.1) is 0 Å². The minimum Gasteiger partial charge on any atom is -0.465 e. The number of aromatic nitrogens is 1. The molecule has 0 unspecified atom stereocenters. The van der Waals surface area contributed by atoms with E-state index < -0.39 is 11.6 Å². The van der Waals surface area contributed by atoms with Crippen LogP contribution in [0.25, 0.3) is 10.9 Å². The fourth-order valence-electron chi connectivity index (χ4n) is 4.75. The smallest absolute Gasteiger partial charge is 0.410 e. The molecule has 1 amide bonds. The van der Waals surface area contributed by atoms with Crippen molar-refractivity contribution in [3.63, 3.8) is 0 Å². The molecule has 39 heavy (non-hydrogen) atoms. The van der Waals surface area contributed by atoms with E-state index in [-0.39, 0.29) is 6.09 Å². The number of aromatic amines is 1. The summed E-state index contributed by atoms with van der Waals surface area (Å²) in [5, 5.41) is 1.02. The zero-order chi connectivity index (χ0) is 28.2. The fourth-order valence-corrected chi connectivity index (χ4v) is 4.75. The van der Waals surface area contributed by atoms with Gasteiger partial charge < -0.3 is 33.9 Å². The van der Waals surface area contributed by atoms with Crippen molar-refractivity contribution in [3.05, 3.63) is 53.7 Å². The highest BCUT2D eigenvalue weighted by Gasteiger charge is 2.27. The molecule has 9 nitrogen and oxygen atoms in total. The van der Waals surface area contributed by atoms with Crippen LogP contribution in [0.2, 0.25) is 0 Å². The van der Waals surface area contributed by atoms with E-state index in [9.17, 15) is 9.59 Å². The van der Waals surface area contributed by atoms with Gasteiger partial charge in [-0.2, -0.15) is 0 Å². The lowest BCUT2D eigenvalue weighted by Crippen LogP contribution is -2.50. The number of esters is 1. The molecular weight excluding hydrogens is 496 g/mol. The number of nitrogens with one attached hydrogen (secondary N) is 1. The summed E-state index contributed by atoms with van der Waals surface area (Å²) in [7, 11) is 5.51. The first-order chi connectivity index (χ1) is 18.6. The van der Waals surface area contributed by atoms with Crippen molar-refractivity contribution >= 4 is 28.7 Å². The van der Waals surface area contributed by atoms with E-state index in [1.165, 1.54) is 12.7 Å². The van der Waals surface area contributed by atoms with E-state index in [1.54, 1.807) is 11.0 Å². The summed E-state index contributed by atoms with van der Waals surface area (Å²) in [6, 6.07) is 11.4. The molecule has 1 fully saturated rings. The van der Waals surface area contributed by atoms with E-state index in [2.05, 4.69) is 28.9 Å². The number of hydrogen-bond donors (Lipinski definition) is 1. The molecule has 1 saturated heterocycles. The molecule has 0 aliphatic carbocycles. The second-order valence-corrected chi connectivity index (χ2v) is 11.1. The number of nitrogens with zero attached hydrogens (tertiary/aromatic N) is 3. The standard InChI is InChI=1S/C30H40N4O5/c1-30(2,3)39-29(36)34-17-15-33(16-18-34)22-12-13-23(28(35)37-6)26(19-22)38-25-11-7-10-24-27(25)21(20-31-24)9-8-14-32(4)5/h7,10-13,19-20,31H,8-9,14-18H2,1-6H3. The Labute approximate surface area is 230 Å². The van der Waals surface area contributed by atoms with Crippen molar-refractivity contribution in [2.24, 2.45) is 0 Å².